The number of benzene rings is 1. The quantitative estimate of drug-likeness (QED) is 0.361. The van der Waals surface area contributed by atoms with Gasteiger partial charge in [0.2, 0.25) is 0 Å². The molecule has 0 radical (unpaired) electrons. The van der Waals surface area contributed by atoms with Crippen LogP contribution in [-0.4, -0.2) is 12.6 Å². The molecular weight excluding hydrogens is 294 g/mol. The second-order valence-electron chi connectivity index (χ2n) is 3.68. The highest BCUT2D eigenvalue weighted by molar-refractivity contribution is 9.10. The fraction of sp³-hybridized carbons (Fsp3) is 0.286. The van der Waals surface area contributed by atoms with Crippen molar-refractivity contribution in [3.63, 3.8) is 0 Å². The largest absolute Gasteiger partial charge is 0.462 e. The molecule has 0 aliphatic rings. The van der Waals surface area contributed by atoms with Gasteiger partial charge in [0, 0.05) is 4.47 Å². The lowest BCUT2D eigenvalue weighted by Gasteiger charge is -2.03. The van der Waals surface area contributed by atoms with Crippen molar-refractivity contribution >= 4 is 28.0 Å². The molecule has 0 heterocycles. The summed E-state index contributed by atoms with van der Waals surface area (Å²) in [6.45, 7) is 2.36. The van der Waals surface area contributed by atoms with Gasteiger partial charge in [0.05, 0.1) is 6.61 Å². The zero-order valence-corrected chi connectivity index (χ0v) is 11.7. The Hall–Kier alpha value is -1.60. The monoisotopic (exact) mass is 307 g/mol. The van der Waals surface area contributed by atoms with Crippen LogP contribution >= 0.6 is 15.9 Å². The van der Waals surface area contributed by atoms with E-state index in [0.29, 0.717) is 6.61 Å². The molecule has 0 saturated heterocycles. The Bertz CT molecular complexity index is 489. The molecule has 0 aromatic heterocycles. The third-order valence-corrected chi connectivity index (χ3v) is 3.00. The number of carbonyl (C=O) groups excluding carboxylic acids is 1. The molecule has 1 rings (SSSR count). The summed E-state index contributed by atoms with van der Waals surface area (Å²) < 4.78 is 5.84. The summed E-state index contributed by atoms with van der Waals surface area (Å²) in [7, 11) is 0. The van der Waals surface area contributed by atoms with Crippen molar-refractivity contribution in [3.05, 3.63) is 39.9 Å². The maximum Gasteiger partial charge on any atom is 0.348 e. The van der Waals surface area contributed by atoms with Crippen LogP contribution in [0.2, 0.25) is 0 Å². The van der Waals surface area contributed by atoms with Crippen molar-refractivity contribution in [2.75, 3.05) is 6.61 Å². The first-order chi connectivity index (χ1) is 8.69. The van der Waals surface area contributed by atoms with E-state index in [9.17, 15) is 4.79 Å². The maximum absolute atomic E-state index is 11.6. The average molecular weight is 308 g/mol. The number of carbonyl (C=O) groups is 1. The van der Waals surface area contributed by atoms with E-state index in [1.54, 1.807) is 0 Å². The highest BCUT2D eigenvalue weighted by Crippen LogP contribution is 2.19. The van der Waals surface area contributed by atoms with Crippen LogP contribution in [0.15, 0.2) is 34.3 Å². The van der Waals surface area contributed by atoms with Crippen LogP contribution in [0.5, 0.6) is 0 Å². The second-order valence-corrected chi connectivity index (χ2v) is 4.54. The van der Waals surface area contributed by atoms with Gasteiger partial charge < -0.3 is 4.74 Å². The highest BCUT2D eigenvalue weighted by Gasteiger charge is 2.10. The summed E-state index contributed by atoms with van der Waals surface area (Å²) in [4.78, 5) is 11.6. The molecule has 1 aromatic carbocycles. The summed E-state index contributed by atoms with van der Waals surface area (Å²) in [5.41, 5.74) is 0.791. The Morgan fingerprint density at radius 1 is 1.50 bits per heavy atom. The molecule has 18 heavy (non-hydrogen) atoms. The Labute approximate surface area is 115 Å². The van der Waals surface area contributed by atoms with E-state index in [-0.39, 0.29) is 5.57 Å². The topological polar surface area (TPSA) is 50.1 Å². The number of rotatable bonds is 5. The molecule has 0 saturated carbocycles. The van der Waals surface area contributed by atoms with Gasteiger partial charge in [0.1, 0.15) is 11.6 Å². The SMILES string of the molecule is CCCCOC(=O)C(C#N)=Cc1ccccc1Br. The maximum atomic E-state index is 11.6. The van der Waals surface area contributed by atoms with Crippen LogP contribution in [0.4, 0.5) is 0 Å². The molecule has 0 unspecified atom stereocenters. The molecule has 0 spiro atoms. The van der Waals surface area contributed by atoms with E-state index < -0.39 is 5.97 Å². The van der Waals surface area contributed by atoms with Gasteiger partial charge in [-0.1, -0.05) is 47.5 Å². The molecule has 4 heteroatoms. The molecule has 94 valence electrons. The Morgan fingerprint density at radius 2 is 2.22 bits per heavy atom. The van der Waals surface area contributed by atoms with Gasteiger partial charge >= 0.3 is 5.97 Å². The van der Waals surface area contributed by atoms with E-state index >= 15 is 0 Å². The third-order valence-electron chi connectivity index (χ3n) is 2.28. The van der Waals surface area contributed by atoms with Crippen molar-refractivity contribution < 1.29 is 9.53 Å². The first-order valence-electron chi connectivity index (χ1n) is 5.72. The summed E-state index contributed by atoms with van der Waals surface area (Å²) in [5, 5.41) is 8.97. The first-order valence-corrected chi connectivity index (χ1v) is 6.51. The third kappa shape index (κ3) is 4.34. The highest BCUT2D eigenvalue weighted by atomic mass is 79.9. The first kappa shape index (κ1) is 14.5. The van der Waals surface area contributed by atoms with Gasteiger partial charge in [-0.25, -0.2) is 4.79 Å². The summed E-state index contributed by atoms with van der Waals surface area (Å²) in [5.74, 6) is -0.568. The zero-order valence-electron chi connectivity index (χ0n) is 10.1. The van der Waals surface area contributed by atoms with Gasteiger partial charge in [-0.2, -0.15) is 5.26 Å². The fourth-order valence-corrected chi connectivity index (χ4v) is 1.67. The average Bonchev–Trinajstić information content (AvgIpc) is 2.38. The normalized spacial score (nSPS) is 10.8. The van der Waals surface area contributed by atoms with Gasteiger partial charge in [-0.05, 0) is 24.1 Å². The van der Waals surface area contributed by atoms with Crippen molar-refractivity contribution in [1.29, 1.82) is 5.26 Å². The van der Waals surface area contributed by atoms with Crippen LogP contribution in [-0.2, 0) is 9.53 Å². The fourth-order valence-electron chi connectivity index (χ4n) is 1.27. The molecule has 0 amide bonds. The lowest BCUT2D eigenvalue weighted by Crippen LogP contribution is -2.07. The van der Waals surface area contributed by atoms with Crippen LogP contribution < -0.4 is 0 Å². The number of nitrogens with zero attached hydrogens (tertiary/aromatic N) is 1. The van der Waals surface area contributed by atoms with E-state index in [0.717, 1.165) is 22.9 Å². The van der Waals surface area contributed by atoms with Gasteiger partial charge in [-0.3, -0.25) is 0 Å². The van der Waals surface area contributed by atoms with Crippen LogP contribution in [0.25, 0.3) is 6.08 Å². The zero-order chi connectivity index (χ0) is 13.4. The molecular formula is C14H14BrNO2. The van der Waals surface area contributed by atoms with Crippen molar-refractivity contribution in [2.45, 2.75) is 19.8 Å². The number of nitriles is 1. The Kier molecular flexibility index (Phi) is 6.16. The van der Waals surface area contributed by atoms with Crippen molar-refractivity contribution in [2.24, 2.45) is 0 Å². The number of esters is 1. The minimum Gasteiger partial charge on any atom is -0.462 e. The summed E-state index contributed by atoms with van der Waals surface area (Å²) in [6, 6.07) is 9.25. The van der Waals surface area contributed by atoms with E-state index in [4.69, 9.17) is 10.00 Å². The van der Waals surface area contributed by atoms with E-state index in [1.807, 2.05) is 37.3 Å². The predicted molar refractivity (Wildman–Crippen MR) is 73.6 cm³/mol. The molecule has 0 N–H and O–H groups in total. The molecule has 0 bridgehead atoms. The standard InChI is InChI=1S/C14H14BrNO2/c1-2-3-8-18-14(17)12(10-16)9-11-6-4-5-7-13(11)15/h4-7,9H,2-3,8H2,1H3. The molecule has 0 atom stereocenters. The van der Waals surface area contributed by atoms with Gasteiger partial charge in [0.15, 0.2) is 0 Å². The number of ether oxygens (including phenoxy) is 1. The summed E-state index contributed by atoms with van der Waals surface area (Å²) >= 11 is 3.36. The molecule has 3 nitrogen and oxygen atoms in total. The van der Waals surface area contributed by atoms with Gasteiger partial charge in [0.25, 0.3) is 0 Å². The van der Waals surface area contributed by atoms with Crippen molar-refractivity contribution in [3.8, 4) is 6.07 Å². The second kappa shape index (κ2) is 7.67. The predicted octanol–water partition coefficient (Wildman–Crippen LogP) is 3.70. The van der Waals surface area contributed by atoms with E-state index in [2.05, 4.69) is 15.9 Å². The minimum atomic E-state index is -0.568. The number of unbranched alkanes of at least 4 members (excludes halogenated alkanes) is 1. The molecule has 0 aliphatic heterocycles. The number of halogens is 1. The number of hydrogen-bond donors (Lipinski definition) is 0. The molecule has 1 aromatic rings. The van der Waals surface area contributed by atoms with Crippen LogP contribution in [0.3, 0.4) is 0 Å². The van der Waals surface area contributed by atoms with E-state index in [1.165, 1.54) is 6.08 Å². The van der Waals surface area contributed by atoms with Crippen molar-refractivity contribution in [1.82, 2.24) is 0 Å². The lowest BCUT2D eigenvalue weighted by atomic mass is 10.1. The Morgan fingerprint density at radius 3 is 2.83 bits per heavy atom. The smallest absolute Gasteiger partial charge is 0.348 e. The van der Waals surface area contributed by atoms with Gasteiger partial charge in [-0.15, -0.1) is 0 Å². The minimum absolute atomic E-state index is 0.0120. The van der Waals surface area contributed by atoms with Crippen LogP contribution in [0.1, 0.15) is 25.3 Å². The summed E-state index contributed by atoms with van der Waals surface area (Å²) in [6.07, 6.45) is 3.28. The van der Waals surface area contributed by atoms with Crippen LogP contribution in [0, 0.1) is 11.3 Å². The lowest BCUT2D eigenvalue weighted by molar-refractivity contribution is -0.138. The molecule has 0 fully saturated rings. The number of hydrogen-bond acceptors (Lipinski definition) is 3. The molecule has 0 aliphatic carbocycles. The Balaban J connectivity index is 2.81.